The normalized spacial score (nSPS) is 16.6. The van der Waals surface area contributed by atoms with Crippen LogP contribution in [0.4, 0.5) is 9.18 Å². The lowest BCUT2D eigenvalue weighted by atomic mass is 9.94. The van der Waals surface area contributed by atoms with E-state index < -0.39 is 11.9 Å². The Kier molecular flexibility index (Phi) is 6.01. The van der Waals surface area contributed by atoms with Crippen molar-refractivity contribution in [3.63, 3.8) is 0 Å². The maximum atomic E-state index is 13.9. The van der Waals surface area contributed by atoms with Gasteiger partial charge in [0.1, 0.15) is 5.82 Å². The van der Waals surface area contributed by atoms with Gasteiger partial charge in [0.25, 0.3) is 5.89 Å². The number of carbonyl (C=O) groups is 1. The van der Waals surface area contributed by atoms with Crippen molar-refractivity contribution >= 4 is 23.2 Å². The summed E-state index contributed by atoms with van der Waals surface area (Å²) in [6.07, 6.45) is 0. The summed E-state index contributed by atoms with van der Waals surface area (Å²) in [5, 5.41) is 7.60. The average Bonchev–Trinajstić information content (AvgIpc) is 3.23. The smallest absolute Gasteiger partial charge is 0.322 e. The van der Waals surface area contributed by atoms with Crippen LogP contribution in [0.3, 0.4) is 0 Å². The minimum absolute atomic E-state index is 0.235. The Morgan fingerprint density at radius 2 is 2.03 bits per heavy atom. The van der Waals surface area contributed by atoms with Gasteiger partial charge in [-0.05, 0) is 48.9 Å². The van der Waals surface area contributed by atoms with Crippen LogP contribution in [0, 0.1) is 5.82 Å². The lowest BCUT2D eigenvalue weighted by molar-refractivity contribution is 0.158. The number of benzene rings is 2. The van der Waals surface area contributed by atoms with Gasteiger partial charge in [-0.15, -0.1) is 0 Å². The molecule has 0 fully saturated rings. The molecule has 31 heavy (non-hydrogen) atoms. The molecule has 1 aromatic heterocycles. The van der Waals surface area contributed by atoms with Crippen LogP contribution < -0.4 is 5.32 Å². The molecule has 0 saturated carbocycles. The van der Waals surface area contributed by atoms with Crippen LogP contribution in [0.15, 0.2) is 58.8 Å². The summed E-state index contributed by atoms with van der Waals surface area (Å²) in [6.45, 7) is 2.48. The van der Waals surface area contributed by atoms with Crippen molar-refractivity contribution in [1.82, 2.24) is 20.4 Å². The average molecular weight is 443 g/mol. The fraction of sp³-hybridized carbons (Fsp3) is 0.227. The molecule has 0 saturated heterocycles. The number of nitrogens with zero attached hydrogens (tertiary/aromatic N) is 3. The second-order valence-corrected chi connectivity index (χ2v) is 7.45. The lowest BCUT2D eigenvalue weighted by Gasteiger charge is -2.35. The first-order valence-electron chi connectivity index (χ1n) is 9.61. The standard InChI is InChI=1S/C22H20ClFN4O3/c1-13-18(21-26-20(27-31-21)14-6-8-16(23)9-7-14)19(15-4-3-5-17(24)12-15)25-22(29)28(13)10-11-30-2/h3-9,12,19H,10-11H2,1-2H3,(H,25,29). The number of hydrogen-bond acceptors (Lipinski definition) is 5. The highest BCUT2D eigenvalue weighted by Crippen LogP contribution is 2.37. The van der Waals surface area contributed by atoms with Crippen LogP contribution >= 0.6 is 11.6 Å². The zero-order valence-corrected chi connectivity index (χ0v) is 17.7. The van der Waals surface area contributed by atoms with E-state index in [0.717, 1.165) is 5.56 Å². The van der Waals surface area contributed by atoms with Crippen molar-refractivity contribution < 1.29 is 18.4 Å². The molecule has 2 heterocycles. The van der Waals surface area contributed by atoms with Crippen LogP contribution in [0.2, 0.25) is 5.02 Å². The van der Waals surface area contributed by atoms with Crippen molar-refractivity contribution in [2.75, 3.05) is 20.3 Å². The number of carbonyl (C=O) groups excluding carboxylic acids is 1. The molecule has 2 aromatic carbocycles. The summed E-state index contributed by atoms with van der Waals surface area (Å²) < 4.78 is 24.6. The van der Waals surface area contributed by atoms with Crippen LogP contribution in [-0.2, 0) is 4.74 Å². The first-order valence-corrected chi connectivity index (χ1v) is 9.99. The Balaban J connectivity index is 1.80. The van der Waals surface area contributed by atoms with Gasteiger partial charge in [-0.1, -0.05) is 28.9 Å². The first kappa shape index (κ1) is 21.0. The van der Waals surface area contributed by atoms with Crippen molar-refractivity contribution in [1.29, 1.82) is 0 Å². The topological polar surface area (TPSA) is 80.5 Å². The van der Waals surface area contributed by atoms with E-state index in [4.69, 9.17) is 20.9 Å². The molecule has 0 aliphatic carbocycles. The summed E-state index contributed by atoms with van der Waals surface area (Å²) in [4.78, 5) is 18.8. The molecule has 1 atom stereocenters. The Labute approximate surface area is 183 Å². The van der Waals surface area contributed by atoms with Gasteiger partial charge >= 0.3 is 6.03 Å². The molecular formula is C22H20ClFN4O3. The number of aromatic nitrogens is 2. The van der Waals surface area contributed by atoms with Crippen molar-refractivity contribution in [2.45, 2.75) is 13.0 Å². The maximum absolute atomic E-state index is 13.9. The molecule has 1 N–H and O–H groups in total. The number of ether oxygens (including phenoxy) is 1. The Morgan fingerprint density at radius 1 is 1.26 bits per heavy atom. The minimum atomic E-state index is -0.652. The van der Waals surface area contributed by atoms with Gasteiger partial charge in [0.2, 0.25) is 5.82 Å². The third-order valence-electron chi connectivity index (χ3n) is 5.06. The third-order valence-corrected chi connectivity index (χ3v) is 5.31. The molecule has 1 unspecified atom stereocenters. The van der Waals surface area contributed by atoms with Crippen LogP contribution in [-0.4, -0.2) is 41.3 Å². The fourth-order valence-electron chi connectivity index (χ4n) is 3.50. The molecule has 0 spiro atoms. The number of nitrogens with one attached hydrogen (secondary N) is 1. The molecule has 3 aromatic rings. The number of amides is 2. The van der Waals surface area contributed by atoms with E-state index in [9.17, 15) is 9.18 Å². The van der Waals surface area contributed by atoms with Crippen LogP contribution in [0.25, 0.3) is 17.0 Å². The molecule has 9 heteroatoms. The molecule has 1 aliphatic rings. The van der Waals surface area contributed by atoms with Crippen LogP contribution in [0.1, 0.15) is 24.4 Å². The molecular weight excluding hydrogens is 423 g/mol. The minimum Gasteiger partial charge on any atom is -0.383 e. The Hall–Kier alpha value is -3.23. The number of rotatable bonds is 6. The van der Waals surface area contributed by atoms with Crippen molar-refractivity contribution in [3.05, 3.63) is 76.5 Å². The van der Waals surface area contributed by atoms with Crippen molar-refractivity contribution in [2.24, 2.45) is 0 Å². The van der Waals surface area contributed by atoms with E-state index in [-0.39, 0.29) is 11.9 Å². The van der Waals surface area contributed by atoms with Gasteiger partial charge in [0.05, 0.1) is 24.8 Å². The highest BCUT2D eigenvalue weighted by molar-refractivity contribution is 6.30. The van der Waals surface area contributed by atoms with Gasteiger partial charge in [0, 0.05) is 23.4 Å². The number of hydrogen-bond donors (Lipinski definition) is 1. The SMILES string of the molecule is COCCN1C(=O)NC(c2cccc(F)c2)C(c2nc(-c3ccc(Cl)cc3)no2)=C1C. The molecule has 0 bridgehead atoms. The van der Waals surface area contributed by atoms with Crippen LogP contribution in [0.5, 0.6) is 0 Å². The van der Waals surface area contributed by atoms with Gasteiger partial charge in [-0.3, -0.25) is 4.90 Å². The summed E-state index contributed by atoms with van der Waals surface area (Å²) in [6, 6.07) is 12.1. The monoisotopic (exact) mass is 442 g/mol. The second-order valence-electron chi connectivity index (χ2n) is 7.01. The van der Waals surface area contributed by atoms with E-state index in [1.165, 1.54) is 12.1 Å². The molecule has 160 valence electrons. The maximum Gasteiger partial charge on any atom is 0.322 e. The van der Waals surface area contributed by atoms with Gasteiger partial charge in [-0.25, -0.2) is 9.18 Å². The van der Waals surface area contributed by atoms with E-state index in [1.54, 1.807) is 55.3 Å². The predicted octanol–water partition coefficient (Wildman–Crippen LogP) is 4.67. The zero-order chi connectivity index (χ0) is 22.0. The molecule has 7 nitrogen and oxygen atoms in total. The molecule has 0 radical (unpaired) electrons. The number of halogens is 2. The summed E-state index contributed by atoms with van der Waals surface area (Å²) in [7, 11) is 1.56. The quantitative estimate of drug-likeness (QED) is 0.599. The number of urea groups is 1. The third kappa shape index (κ3) is 4.30. The fourth-order valence-corrected chi connectivity index (χ4v) is 3.62. The van der Waals surface area contributed by atoms with E-state index >= 15 is 0 Å². The number of allylic oxidation sites excluding steroid dienone is 1. The zero-order valence-electron chi connectivity index (χ0n) is 16.9. The summed E-state index contributed by atoms with van der Waals surface area (Å²) in [5.74, 6) is 0.211. The highest BCUT2D eigenvalue weighted by atomic mass is 35.5. The Bertz CT molecular complexity index is 1130. The predicted molar refractivity (Wildman–Crippen MR) is 114 cm³/mol. The second kappa shape index (κ2) is 8.87. The Morgan fingerprint density at radius 3 is 2.74 bits per heavy atom. The summed E-state index contributed by atoms with van der Waals surface area (Å²) in [5.41, 5.74) is 2.52. The van der Waals surface area contributed by atoms with Gasteiger partial charge in [0.15, 0.2) is 0 Å². The van der Waals surface area contributed by atoms with E-state index in [0.29, 0.717) is 40.8 Å². The first-order chi connectivity index (χ1) is 15.0. The van der Waals surface area contributed by atoms with E-state index in [1.807, 2.05) is 0 Å². The lowest BCUT2D eigenvalue weighted by Crippen LogP contribution is -2.47. The molecule has 1 aliphatic heterocycles. The van der Waals surface area contributed by atoms with E-state index in [2.05, 4.69) is 15.5 Å². The molecule has 4 rings (SSSR count). The largest absolute Gasteiger partial charge is 0.383 e. The van der Waals surface area contributed by atoms with Crippen molar-refractivity contribution in [3.8, 4) is 11.4 Å². The summed E-state index contributed by atoms with van der Waals surface area (Å²) >= 11 is 5.96. The number of methoxy groups -OCH3 is 1. The van der Waals surface area contributed by atoms with Gasteiger partial charge in [-0.2, -0.15) is 4.98 Å². The molecule has 2 amide bonds. The highest BCUT2D eigenvalue weighted by Gasteiger charge is 2.35. The van der Waals surface area contributed by atoms with Gasteiger partial charge < -0.3 is 14.6 Å².